The smallest absolute Gasteiger partial charge is 0.336 e. The number of fused-ring (bicyclic) bond motifs is 1. The summed E-state index contributed by atoms with van der Waals surface area (Å²) in [6.07, 6.45) is 1.88. The van der Waals surface area contributed by atoms with Crippen LogP contribution in [-0.4, -0.2) is 25.6 Å². The van der Waals surface area contributed by atoms with E-state index in [1.165, 1.54) is 0 Å². The van der Waals surface area contributed by atoms with Crippen LogP contribution in [0.2, 0.25) is 0 Å². The van der Waals surface area contributed by atoms with Crippen LogP contribution in [0.3, 0.4) is 0 Å². The number of carboxylic acid groups (broad SMARTS) is 1. The lowest BCUT2D eigenvalue weighted by Gasteiger charge is -2.11. The summed E-state index contributed by atoms with van der Waals surface area (Å²) in [5, 5.41) is 9.56. The maximum absolute atomic E-state index is 11.7. The Balaban J connectivity index is 1.55. The number of benzene rings is 3. The molecule has 6 heteroatoms. The zero-order chi connectivity index (χ0) is 25.4. The van der Waals surface area contributed by atoms with Gasteiger partial charge in [0.1, 0.15) is 11.6 Å². The minimum atomic E-state index is -0.925. The van der Waals surface area contributed by atoms with E-state index in [1.807, 2.05) is 38.1 Å². The van der Waals surface area contributed by atoms with Crippen molar-refractivity contribution in [3.63, 3.8) is 0 Å². The third-order valence-electron chi connectivity index (χ3n) is 6.64. The van der Waals surface area contributed by atoms with Gasteiger partial charge in [0.15, 0.2) is 0 Å². The van der Waals surface area contributed by atoms with Gasteiger partial charge < -0.3 is 14.1 Å². The molecule has 0 spiro atoms. The summed E-state index contributed by atoms with van der Waals surface area (Å²) in [6.45, 7) is 8.79. The van der Waals surface area contributed by atoms with Gasteiger partial charge in [-0.3, -0.25) is 0 Å². The standard InChI is InChI=1S/C30H29N3O3/c1-5-8-27-32-28-18(2)15-23(29-31-19(3)20(4)36-29)16-26(28)33(27)17-21-11-13-22(14-12-21)24-9-6-7-10-25(24)30(34)35/h6-7,9-16H,5,8,17H2,1-4H3,(H,34,35). The van der Waals surface area contributed by atoms with Crippen LogP contribution in [0.4, 0.5) is 0 Å². The number of carbonyl (C=O) groups is 1. The molecule has 0 bridgehead atoms. The molecule has 0 saturated heterocycles. The topological polar surface area (TPSA) is 81.2 Å². The van der Waals surface area contributed by atoms with Crippen LogP contribution < -0.4 is 0 Å². The second-order valence-electron chi connectivity index (χ2n) is 9.23. The number of aromatic nitrogens is 3. The summed E-state index contributed by atoms with van der Waals surface area (Å²) in [7, 11) is 0. The Labute approximate surface area is 210 Å². The molecular formula is C30H29N3O3. The molecule has 36 heavy (non-hydrogen) atoms. The second-order valence-corrected chi connectivity index (χ2v) is 9.23. The minimum absolute atomic E-state index is 0.302. The average Bonchev–Trinajstić information content (AvgIpc) is 3.39. The van der Waals surface area contributed by atoms with Gasteiger partial charge in [0, 0.05) is 18.5 Å². The molecule has 0 aliphatic rings. The van der Waals surface area contributed by atoms with E-state index in [9.17, 15) is 9.90 Å². The van der Waals surface area contributed by atoms with E-state index in [4.69, 9.17) is 9.40 Å². The molecule has 0 radical (unpaired) electrons. The van der Waals surface area contributed by atoms with Crippen molar-refractivity contribution in [2.75, 3.05) is 0 Å². The lowest BCUT2D eigenvalue weighted by molar-refractivity contribution is 0.0697. The molecule has 0 aliphatic heterocycles. The summed E-state index contributed by atoms with van der Waals surface area (Å²) < 4.78 is 8.19. The fourth-order valence-corrected chi connectivity index (χ4v) is 4.64. The molecule has 0 amide bonds. The molecule has 3 aromatic carbocycles. The van der Waals surface area contributed by atoms with Gasteiger partial charge in [0.2, 0.25) is 5.89 Å². The fraction of sp³-hybridized carbons (Fsp3) is 0.233. The number of carboxylic acids is 1. The first-order valence-electron chi connectivity index (χ1n) is 12.2. The largest absolute Gasteiger partial charge is 0.478 e. The van der Waals surface area contributed by atoms with Crippen molar-refractivity contribution in [1.29, 1.82) is 0 Å². The van der Waals surface area contributed by atoms with E-state index in [1.54, 1.807) is 12.1 Å². The highest BCUT2D eigenvalue weighted by Crippen LogP contribution is 2.30. The summed E-state index contributed by atoms with van der Waals surface area (Å²) in [5.74, 6) is 1.58. The lowest BCUT2D eigenvalue weighted by Crippen LogP contribution is -2.05. The predicted octanol–water partition coefficient (Wildman–Crippen LogP) is 6.98. The Bertz CT molecular complexity index is 1560. The molecule has 2 heterocycles. The Morgan fingerprint density at radius 2 is 1.72 bits per heavy atom. The number of rotatable bonds is 7. The molecule has 5 rings (SSSR count). The van der Waals surface area contributed by atoms with Crippen molar-refractivity contribution in [3.8, 4) is 22.6 Å². The molecule has 0 aliphatic carbocycles. The fourth-order valence-electron chi connectivity index (χ4n) is 4.64. The normalized spacial score (nSPS) is 11.3. The number of imidazole rings is 1. The van der Waals surface area contributed by atoms with E-state index in [0.717, 1.165) is 63.4 Å². The summed E-state index contributed by atoms with van der Waals surface area (Å²) in [5.41, 5.74) is 8.00. The average molecular weight is 480 g/mol. The Morgan fingerprint density at radius 3 is 2.39 bits per heavy atom. The van der Waals surface area contributed by atoms with Crippen molar-refractivity contribution >= 4 is 17.0 Å². The van der Waals surface area contributed by atoms with Gasteiger partial charge in [0.25, 0.3) is 0 Å². The number of oxazole rings is 1. The van der Waals surface area contributed by atoms with Gasteiger partial charge >= 0.3 is 5.97 Å². The molecular weight excluding hydrogens is 450 g/mol. The van der Waals surface area contributed by atoms with Crippen molar-refractivity contribution in [2.45, 2.75) is 47.1 Å². The maximum Gasteiger partial charge on any atom is 0.336 e. The van der Waals surface area contributed by atoms with Crippen molar-refractivity contribution in [3.05, 3.63) is 94.6 Å². The second kappa shape index (κ2) is 9.46. The maximum atomic E-state index is 11.7. The number of hydrogen-bond donors (Lipinski definition) is 1. The quantitative estimate of drug-likeness (QED) is 0.272. The van der Waals surface area contributed by atoms with Gasteiger partial charge in [-0.25, -0.2) is 14.8 Å². The summed E-state index contributed by atoms with van der Waals surface area (Å²) in [4.78, 5) is 21.3. The van der Waals surface area contributed by atoms with Crippen LogP contribution in [0.5, 0.6) is 0 Å². The van der Waals surface area contributed by atoms with Gasteiger partial charge in [-0.2, -0.15) is 0 Å². The summed E-state index contributed by atoms with van der Waals surface area (Å²) in [6, 6.07) is 19.4. The highest BCUT2D eigenvalue weighted by molar-refractivity contribution is 5.96. The third-order valence-corrected chi connectivity index (χ3v) is 6.64. The van der Waals surface area contributed by atoms with E-state index in [0.29, 0.717) is 23.6 Å². The first kappa shape index (κ1) is 23.5. The molecule has 1 N–H and O–H groups in total. The molecule has 0 saturated carbocycles. The SMILES string of the molecule is CCCc1nc2c(C)cc(-c3nc(C)c(C)o3)cc2n1Cc1ccc(-c2ccccc2C(=O)O)cc1. The first-order chi connectivity index (χ1) is 17.4. The van der Waals surface area contributed by atoms with Crippen LogP contribution in [0, 0.1) is 20.8 Å². The molecule has 182 valence electrons. The first-order valence-corrected chi connectivity index (χ1v) is 12.2. The molecule has 6 nitrogen and oxygen atoms in total. The number of hydrogen-bond acceptors (Lipinski definition) is 4. The zero-order valence-electron chi connectivity index (χ0n) is 21.0. The van der Waals surface area contributed by atoms with Crippen LogP contribution >= 0.6 is 0 Å². The molecule has 0 unspecified atom stereocenters. The van der Waals surface area contributed by atoms with E-state index >= 15 is 0 Å². The van der Waals surface area contributed by atoms with Crippen LogP contribution in [0.25, 0.3) is 33.6 Å². The van der Waals surface area contributed by atoms with E-state index < -0.39 is 5.97 Å². The highest BCUT2D eigenvalue weighted by Gasteiger charge is 2.17. The molecule has 2 aromatic heterocycles. The lowest BCUT2D eigenvalue weighted by atomic mass is 9.98. The van der Waals surface area contributed by atoms with Crippen molar-refractivity contribution < 1.29 is 14.3 Å². The summed E-state index contributed by atoms with van der Waals surface area (Å²) >= 11 is 0. The van der Waals surface area contributed by atoms with Crippen LogP contribution in [0.1, 0.15) is 52.1 Å². The van der Waals surface area contributed by atoms with Gasteiger partial charge in [-0.1, -0.05) is 49.4 Å². The number of aryl methyl sites for hydroxylation is 4. The monoisotopic (exact) mass is 479 g/mol. The van der Waals surface area contributed by atoms with Crippen molar-refractivity contribution in [2.24, 2.45) is 0 Å². The van der Waals surface area contributed by atoms with Gasteiger partial charge in [-0.05, 0) is 67.6 Å². The van der Waals surface area contributed by atoms with Gasteiger partial charge in [0.05, 0.1) is 22.3 Å². The highest BCUT2D eigenvalue weighted by atomic mass is 16.4. The van der Waals surface area contributed by atoms with Crippen LogP contribution in [0.15, 0.2) is 65.1 Å². The number of aromatic carboxylic acids is 1. The molecule has 5 aromatic rings. The Hall–Kier alpha value is -4.19. The molecule has 0 fully saturated rings. The third kappa shape index (κ3) is 4.31. The van der Waals surface area contributed by atoms with E-state index in [2.05, 4.69) is 47.7 Å². The molecule has 0 atom stereocenters. The Morgan fingerprint density at radius 1 is 0.972 bits per heavy atom. The number of nitrogens with zero attached hydrogens (tertiary/aromatic N) is 3. The van der Waals surface area contributed by atoms with E-state index in [-0.39, 0.29) is 0 Å². The van der Waals surface area contributed by atoms with Crippen molar-refractivity contribution in [1.82, 2.24) is 14.5 Å². The predicted molar refractivity (Wildman–Crippen MR) is 141 cm³/mol. The van der Waals surface area contributed by atoms with Gasteiger partial charge in [-0.15, -0.1) is 0 Å². The van der Waals surface area contributed by atoms with Crippen LogP contribution in [-0.2, 0) is 13.0 Å². The minimum Gasteiger partial charge on any atom is -0.478 e. The zero-order valence-corrected chi connectivity index (χ0v) is 21.0. The Kier molecular flexibility index (Phi) is 6.18.